The monoisotopic (exact) mass is 473 g/mol. The Morgan fingerprint density at radius 2 is 1.48 bits per heavy atom. The van der Waals surface area contributed by atoms with Gasteiger partial charge in [-0.2, -0.15) is 4.31 Å². The molecule has 0 aliphatic carbocycles. The van der Waals surface area contributed by atoms with Gasteiger partial charge in [-0.25, -0.2) is 8.42 Å². The minimum atomic E-state index is -3.43. The summed E-state index contributed by atoms with van der Waals surface area (Å²) in [5, 5.41) is 8.69. The van der Waals surface area contributed by atoms with E-state index in [4.69, 9.17) is 4.74 Å². The molecule has 146 valence electrons. The highest BCUT2D eigenvalue weighted by molar-refractivity contribution is 9.11. The summed E-state index contributed by atoms with van der Waals surface area (Å²) in [6, 6.07) is 7.34. The van der Waals surface area contributed by atoms with Crippen molar-refractivity contribution in [2.24, 2.45) is 0 Å². The zero-order valence-electron chi connectivity index (χ0n) is 14.6. The molecule has 0 spiro atoms. The maximum atomic E-state index is 12.7. The molecular weight excluding hydrogens is 454 g/mol. The Morgan fingerprint density at radius 3 is 2.00 bits per heavy atom. The van der Waals surface area contributed by atoms with E-state index in [1.807, 2.05) is 12.1 Å². The largest absolute Gasteiger partial charge is 0.378 e. The van der Waals surface area contributed by atoms with Crippen molar-refractivity contribution in [2.45, 2.75) is 4.21 Å². The normalized spacial score (nSPS) is 19.4. The Balaban J connectivity index is 1.39. The summed E-state index contributed by atoms with van der Waals surface area (Å²) in [5.74, 6) is 1.63. The van der Waals surface area contributed by atoms with Gasteiger partial charge in [0.1, 0.15) is 4.21 Å². The molecule has 0 radical (unpaired) electrons. The average Bonchev–Trinajstić information content (AvgIpc) is 3.16. The fourth-order valence-electron chi connectivity index (χ4n) is 3.17. The lowest BCUT2D eigenvalue weighted by Crippen LogP contribution is -2.48. The van der Waals surface area contributed by atoms with Gasteiger partial charge in [0.15, 0.2) is 11.6 Å². The zero-order chi connectivity index (χ0) is 18.9. The van der Waals surface area contributed by atoms with E-state index in [1.165, 1.54) is 15.6 Å². The van der Waals surface area contributed by atoms with Crippen molar-refractivity contribution in [3.63, 3.8) is 0 Å². The SMILES string of the molecule is O=S(=O)(c1ccc(Br)s1)N1CCN(c2ccc(N3CCOCC3)nn2)CC1. The van der Waals surface area contributed by atoms with Gasteiger partial charge in [0.05, 0.1) is 17.0 Å². The number of rotatable bonds is 4. The van der Waals surface area contributed by atoms with Gasteiger partial charge in [-0.3, -0.25) is 0 Å². The highest BCUT2D eigenvalue weighted by Crippen LogP contribution is 2.29. The quantitative estimate of drug-likeness (QED) is 0.667. The molecule has 2 aliphatic heterocycles. The molecule has 4 heterocycles. The van der Waals surface area contributed by atoms with E-state index in [9.17, 15) is 8.42 Å². The molecule has 0 aromatic carbocycles. The third-order valence-corrected chi connectivity index (χ3v) is 8.67. The highest BCUT2D eigenvalue weighted by atomic mass is 79.9. The van der Waals surface area contributed by atoms with E-state index in [0.717, 1.165) is 28.5 Å². The fourth-order valence-corrected chi connectivity index (χ4v) is 6.76. The lowest BCUT2D eigenvalue weighted by molar-refractivity contribution is 0.122. The van der Waals surface area contributed by atoms with Crippen molar-refractivity contribution in [3.8, 4) is 0 Å². The van der Waals surface area contributed by atoms with Crippen LogP contribution in [0.1, 0.15) is 0 Å². The van der Waals surface area contributed by atoms with Gasteiger partial charge in [0.2, 0.25) is 0 Å². The topological polar surface area (TPSA) is 78.9 Å². The number of anilines is 2. The van der Waals surface area contributed by atoms with E-state index in [-0.39, 0.29) is 0 Å². The first-order valence-electron chi connectivity index (χ1n) is 8.71. The molecule has 2 fully saturated rings. The number of piperazine rings is 1. The van der Waals surface area contributed by atoms with Crippen LogP contribution in [-0.2, 0) is 14.8 Å². The minimum Gasteiger partial charge on any atom is -0.378 e. The molecule has 0 atom stereocenters. The van der Waals surface area contributed by atoms with Crippen molar-refractivity contribution in [1.82, 2.24) is 14.5 Å². The molecule has 0 unspecified atom stereocenters. The molecule has 0 amide bonds. The number of nitrogens with zero attached hydrogens (tertiary/aromatic N) is 5. The molecule has 0 N–H and O–H groups in total. The molecule has 2 aromatic heterocycles. The first-order valence-corrected chi connectivity index (χ1v) is 11.8. The van der Waals surface area contributed by atoms with Crippen molar-refractivity contribution in [1.29, 1.82) is 0 Å². The third-order valence-electron chi connectivity index (χ3n) is 4.68. The summed E-state index contributed by atoms with van der Waals surface area (Å²) in [4.78, 5) is 4.23. The molecule has 2 aliphatic rings. The third kappa shape index (κ3) is 4.11. The number of hydrogen-bond donors (Lipinski definition) is 0. The molecule has 0 saturated carbocycles. The smallest absolute Gasteiger partial charge is 0.252 e. The summed E-state index contributed by atoms with van der Waals surface area (Å²) in [6.45, 7) is 5.12. The van der Waals surface area contributed by atoms with Gasteiger partial charge in [0.25, 0.3) is 10.0 Å². The highest BCUT2D eigenvalue weighted by Gasteiger charge is 2.30. The summed E-state index contributed by atoms with van der Waals surface area (Å²) in [5.41, 5.74) is 0. The van der Waals surface area contributed by atoms with Crippen LogP contribution in [0.5, 0.6) is 0 Å². The summed E-state index contributed by atoms with van der Waals surface area (Å²) >= 11 is 4.56. The van der Waals surface area contributed by atoms with Crippen molar-refractivity contribution >= 4 is 48.9 Å². The second-order valence-corrected chi connectivity index (χ2v) is 10.9. The Kier molecular flexibility index (Phi) is 5.65. The lowest BCUT2D eigenvalue weighted by Gasteiger charge is -2.34. The van der Waals surface area contributed by atoms with Crippen LogP contribution < -0.4 is 9.80 Å². The Labute approximate surface area is 170 Å². The maximum Gasteiger partial charge on any atom is 0.252 e. The van der Waals surface area contributed by atoms with Gasteiger partial charge in [-0.15, -0.1) is 21.5 Å². The summed E-state index contributed by atoms with van der Waals surface area (Å²) in [7, 11) is -3.43. The molecule has 2 saturated heterocycles. The molecule has 27 heavy (non-hydrogen) atoms. The second-order valence-electron chi connectivity index (χ2n) is 6.30. The van der Waals surface area contributed by atoms with Gasteiger partial charge in [-0.1, -0.05) is 0 Å². The zero-order valence-corrected chi connectivity index (χ0v) is 17.8. The van der Waals surface area contributed by atoms with Gasteiger partial charge >= 0.3 is 0 Å². The molecule has 11 heteroatoms. The van der Waals surface area contributed by atoms with Crippen LogP contribution >= 0.6 is 27.3 Å². The number of sulfonamides is 1. The van der Waals surface area contributed by atoms with Gasteiger partial charge in [0, 0.05) is 39.3 Å². The number of morpholine rings is 1. The predicted octanol–water partition coefficient (Wildman–Crippen LogP) is 1.65. The Bertz CT molecular complexity index is 876. The predicted molar refractivity (Wildman–Crippen MR) is 108 cm³/mol. The van der Waals surface area contributed by atoms with Crippen LogP contribution in [-0.4, -0.2) is 75.4 Å². The number of halogens is 1. The van der Waals surface area contributed by atoms with E-state index in [1.54, 1.807) is 12.1 Å². The Morgan fingerprint density at radius 1 is 0.889 bits per heavy atom. The first kappa shape index (κ1) is 19.1. The Hall–Kier alpha value is -1.27. The molecular formula is C16H20BrN5O3S2. The van der Waals surface area contributed by atoms with E-state index >= 15 is 0 Å². The standard InChI is InChI=1S/C16H20BrN5O3S2/c17-13-1-4-16(26-13)27(23,24)22-7-5-20(6-8-22)14-2-3-15(19-18-14)21-9-11-25-12-10-21/h1-4H,5-12H2. The minimum absolute atomic E-state index is 0.373. The van der Waals surface area contributed by atoms with Crippen LogP contribution in [0, 0.1) is 0 Å². The van der Waals surface area contributed by atoms with Crippen LogP contribution in [0.25, 0.3) is 0 Å². The summed E-state index contributed by atoms with van der Waals surface area (Å²) < 4.78 is 33.5. The van der Waals surface area contributed by atoms with Crippen LogP contribution in [0.4, 0.5) is 11.6 Å². The average molecular weight is 474 g/mol. The van der Waals surface area contributed by atoms with Crippen molar-refractivity contribution in [2.75, 3.05) is 62.3 Å². The van der Waals surface area contributed by atoms with E-state index in [0.29, 0.717) is 43.6 Å². The van der Waals surface area contributed by atoms with Gasteiger partial charge < -0.3 is 14.5 Å². The first-order chi connectivity index (χ1) is 13.0. The van der Waals surface area contributed by atoms with Crippen LogP contribution in [0.3, 0.4) is 0 Å². The summed E-state index contributed by atoms with van der Waals surface area (Å²) in [6.07, 6.45) is 0. The number of ether oxygens (including phenoxy) is 1. The van der Waals surface area contributed by atoms with E-state index < -0.39 is 10.0 Å². The second kappa shape index (κ2) is 8.00. The fraction of sp³-hybridized carbons (Fsp3) is 0.500. The number of hydrogen-bond acceptors (Lipinski definition) is 8. The lowest BCUT2D eigenvalue weighted by atomic mass is 10.3. The van der Waals surface area contributed by atoms with E-state index in [2.05, 4.69) is 35.9 Å². The molecule has 4 rings (SSSR count). The van der Waals surface area contributed by atoms with Crippen LogP contribution in [0.2, 0.25) is 0 Å². The van der Waals surface area contributed by atoms with Gasteiger partial charge in [-0.05, 0) is 40.2 Å². The number of aromatic nitrogens is 2. The number of thiophene rings is 1. The van der Waals surface area contributed by atoms with Crippen molar-refractivity contribution in [3.05, 3.63) is 28.1 Å². The maximum absolute atomic E-state index is 12.7. The van der Waals surface area contributed by atoms with Crippen LogP contribution in [0.15, 0.2) is 32.3 Å². The van der Waals surface area contributed by atoms with Crippen molar-refractivity contribution < 1.29 is 13.2 Å². The molecule has 8 nitrogen and oxygen atoms in total. The molecule has 0 bridgehead atoms. The molecule has 2 aromatic rings.